The molecule has 0 saturated heterocycles. The van der Waals surface area contributed by atoms with Crippen LogP contribution in [-0.4, -0.2) is 29.0 Å². The van der Waals surface area contributed by atoms with Gasteiger partial charge in [-0.15, -0.1) is 0 Å². The molecule has 1 aromatic carbocycles. The third kappa shape index (κ3) is 5.64. The van der Waals surface area contributed by atoms with Crippen molar-refractivity contribution in [1.29, 1.82) is 0 Å². The predicted octanol–water partition coefficient (Wildman–Crippen LogP) is 1.84. The van der Waals surface area contributed by atoms with Gasteiger partial charge in [0.1, 0.15) is 11.8 Å². The van der Waals surface area contributed by atoms with Crippen LogP contribution in [0.15, 0.2) is 24.3 Å². The first-order chi connectivity index (χ1) is 9.79. The van der Waals surface area contributed by atoms with Gasteiger partial charge in [-0.3, -0.25) is 9.59 Å². The molecule has 1 aromatic rings. The Morgan fingerprint density at radius 3 is 2.19 bits per heavy atom. The molecule has 1 atom stereocenters. The summed E-state index contributed by atoms with van der Waals surface area (Å²) in [5.74, 6) is -1.50. The minimum absolute atomic E-state index is 0.151. The third-order valence-corrected chi connectivity index (χ3v) is 2.69. The summed E-state index contributed by atoms with van der Waals surface area (Å²) in [7, 11) is 0. The molecule has 114 valence electrons. The number of carbonyl (C=O) groups is 3. The van der Waals surface area contributed by atoms with Crippen LogP contribution < -0.4 is 10.1 Å². The molecule has 0 aliphatic heterocycles. The minimum atomic E-state index is -1.06. The molecule has 0 aliphatic carbocycles. The number of hydrogen-bond donors (Lipinski definition) is 2. The molecule has 21 heavy (non-hydrogen) atoms. The number of esters is 1. The quantitative estimate of drug-likeness (QED) is 0.616. The first kappa shape index (κ1) is 16.7. The molecule has 0 bridgehead atoms. The topological polar surface area (TPSA) is 92.7 Å². The van der Waals surface area contributed by atoms with E-state index >= 15 is 0 Å². The predicted molar refractivity (Wildman–Crippen MR) is 76.1 cm³/mol. The summed E-state index contributed by atoms with van der Waals surface area (Å²) in [6.45, 7) is 5.05. The van der Waals surface area contributed by atoms with E-state index in [-0.39, 0.29) is 5.92 Å². The fourth-order valence-corrected chi connectivity index (χ4v) is 1.77. The Balaban J connectivity index is 2.73. The van der Waals surface area contributed by atoms with Crippen LogP contribution in [0.25, 0.3) is 0 Å². The summed E-state index contributed by atoms with van der Waals surface area (Å²) < 4.78 is 4.86. The molecule has 0 fully saturated rings. The Hall–Kier alpha value is -2.37. The highest BCUT2D eigenvalue weighted by Gasteiger charge is 2.21. The van der Waals surface area contributed by atoms with Gasteiger partial charge in [-0.05, 0) is 36.6 Å². The smallest absolute Gasteiger partial charge is 0.326 e. The van der Waals surface area contributed by atoms with Crippen molar-refractivity contribution in [3.8, 4) is 5.75 Å². The molecule has 0 spiro atoms. The highest BCUT2D eigenvalue weighted by atomic mass is 16.5. The summed E-state index contributed by atoms with van der Waals surface area (Å²) in [6.07, 6.45) is 0.354. The second-order valence-corrected chi connectivity index (χ2v) is 5.11. The standard InChI is InChI=1S/C15H19NO5/c1-9(2)8-13(15(19)20)16-14(18)11-4-6-12(7-5-11)21-10(3)17/h4-7,9,13H,8H2,1-3H3,(H,16,18)(H,19,20)/t13-/m0/s1. The van der Waals surface area contributed by atoms with Gasteiger partial charge >= 0.3 is 11.9 Å². The average molecular weight is 293 g/mol. The zero-order chi connectivity index (χ0) is 16.0. The largest absolute Gasteiger partial charge is 0.480 e. The lowest BCUT2D eigenvalue weighted by molar-refractivity contribution is -0.139. The van der Waals surface area contributed by atoms with Crippen LogP contribution in [0.2, 0.25) is 0 Å². The van der Waals surface area contributed by atoms with Crippen molar-refractivity contribution in [2.45, 2.75) is 33.2 Å². The van der Waals surface area contributed by atoms with E-state index < -0.39 is 23.9 Å². The number of ether oxygens (including phenoxy) is 1. The fourth-order valence-electron chi connectivity index (χ4n) is 1.77. The van der Waals surface area contributed by atoms with E-state index in [1.54, 1.807) is 0 Å². The van der Waals surface area contributed by atoms with Gasteiger partial charge in [-0.2, -0.15) is 0 Å². The Morgan fingerprint density at radius 2 is 1.76 bits per heavy atom. The third-order valence-electron chi connectivity index (χ3n) is 2.69. The number of hydrogen-bond acceptors (Lipinski definition) is 4. The summed E-state index contributed by atoms with van der Waals surface area (Å²) >= 11 is 0. The molecule has 0 aliphatic rings. The van der Waals surface area contributed by atoms with Crippen molar-refractivity contribution in [2.75, 3.05) is 0 Å². The van der Waals surface area contributed by atoms with Gasteiger partial charge in [0, 0.05) is 12.5 Å². The maximum atomic E-state index is 12.0. The van der Waals surface area contributed by atoms with E-state index in [0.29, 0.717) is 17.7 Å². The van der Waals surface area contributed by atoms with Crippen LogP contribution in [0.5, 0.6) is 5.75 Å². The summed E-state index contributed by atoms with van der Waals surface area (Å²) in [4.78, 5) is 33.9. The number of carboxylic acids is 1. The number of aliphatic carboxylic acids is 1. The number of rotatable bonds is 6. The lowest BCUT2D eigenvalue weighted by Gasteiger charge is -2.16. The van der Waals surface area contributed by atoms with Crippen molar-refractivity contribution in [3.63, 3.8) is 0 Å². The van der Waals surface area contributed by atoms with Crippen LogP contribution in [0, 0.1) is 5.92 Å². The lowest BCUT2D eigenvalue weighted by atomic mass is 10.0. The number of amides is 1. The van der Waals surface area contributed by atoms with E-state index in [2.05, 4.69) is 5.32 Å². The molecule has 0 aromatic heterocycles. The molecule has 6 nitrogen and oxygen atoms in total. The molecular formula is C15H19NO5. The van der Waals surface area contributed by atoms with E-state index in [9.17, 15) is 14.4 Å². The van der Waals surface area contributed by atoms with E-state index in [0.717, 1.165) is 0 Å². The van der Waals surface area contributed by atoms with Crippen molar-refractivity contribution < 1.29 is 24.2 Å². The Labute approximate surface area is 123 Å². The summed E-state index contributed by atoms with van der Waals surface area (Å²) in [6, 6.07) is 4.98. The van der Waals surface area contributed by atoms with Crippen LogP contribution in [-0.2, 0) is 9.59 Å². The molecule has 0 radical (unpaired) electrons. The molecule has 1 rings (SSSR count). The maximum absolute atomic E-state index is 12.0. The first-order valence-electron chi connectivity index (χ1n) is 6.61. The van der Waals surface area contributed by atoms with Gasteiger partial charge in [-0.1, -0.05) is 13.8 Å². The monoisotopic (exact) mass is 293 g/mol. The molecule has 1 amide bonds. The molecule has 6 heteroatoms. The fraction of sp³-hybridized carbons (Fsp3) is 0.400. The normalized spacial score (nSPS) is 11.8. The summed E-state index contributed by atoms with van der Waals surface area (Å²) in [5.41, 5.74) is 0.306. The second-order valence-electron chi connectivity index (χ2n) is 5.11. The lowest BCUT2D eigenvalue weighted by Crippen LogP contribution is -2.41. The van der Waals surface area contributed by atoms with Gasteiger partial charge in [-0.25, -0.2) is 4.79 Å². The number of nitrogens with one attached hydrogen (secondary N) is 1. The van der Waals surface area contributed by atoms with Crippen LogP contribution >= 0.6 is 0 Å². The molecule has 0 heterocycles. The summed E-state index contributed by atoms with van der Waals surface area (Å²) in [5, 5.41) is 11.6. The van der Waals surface area contributed by atoms with E-state index in [1.807, 2.05) is 13.8 Å². The molecule has 0 unspecified atom stereocenters. The van der Waals surface area contributed by atoms with Gasteiger partial charge in [0.15, 0.2) is 0 Å². The zero-order valence-electron chi connectivity index (χ0n) is 12.3. The highest BCUT2D eigenvalue weighted by molar-refractivity contribution is 5.96. The highest BCUT2D eigenvalue weighted by Crippen LogP contribution is 2.13. The molecular weight excluding hydrogens is 274 g/mol. The molecule has 0 saturated carbocycles. The number of benzene rings is 1. The van der Waals surface area contributed by atoms with Gasteiger partial charge in [0.05, 0.1) is 0 Å². The Morgan fingerprint density at radius 1 is 1.19 bits per heavy atom. The van der Waals surface area contributed by atoms with E-state index in [4.69, 9.17) is 9.84 Å². The van der Waals surface area contributed by atoms with Crippen molar-refractivity contribution in [2.24, 2.45) is 5.92 Å². The minimum Gasteiger partial charge on any atom is -0.480 e. The second kappa shape index (κ2) is 7.42. The zero-order valence-corrected chi connectivity index (χ0v) is 12.3. The number of carboxylic acid groups (broad SMARTS) is 1. The van der Waals surface area contributed by atoms with Gasteiger partial charge in [0.2, 0.25) is 0 Å². The van der Waals surface area contributed by atoms with Crippen LogP contribution in [0.4, 0.5) is 0 Å². The van der Waals surface area contributed by atoms with Crippen LogP contribution in [0.3, 0.4) is 0 Å². The van der Waals surface area contributed by atoms with Crippen molar-refractivity contribution >= 4 is 17.8 Å². The van der Waals surface area contributed by atoms with Crippen molar-refractivity contribution in [1.82, 2.24) is 5.32 Å². The SMILES string of the molecule is CC(=O)Oc1ccc(C(=O)N[C@@H](CC(C)C)C(=O)O)cc1. The van der Waals surface area contributed by atoms with Crippen LogP contribution in [0.1, 0.15) is 37.6 Å². The van der Waals surface area contributed by atoms with E-state index in [1.165, 1.54) is 31.2 Å². The van der Waals surface area contributed by atoms with Gasteiger partial charge < -0.3 is 15.2 Å². The Bertz CT molecular complexity index is 521. The van der Waals surface area contributed by atoms with Crippen molar-refractivity contribution in [3.05, 3.63) is 29.8 Å². The maximum Gasteiger partial charge on any atom is 0.326 e. The Kier molecular flexibility index (Phi) is 5.90. The average Bonchev–Trinajstić information content (AvgIpc) is 2.37. The number of carbonyl (C=O) groups excluding carboxylic acids is 2. The first-order valence-corrected chi connectivity index (χ1v) is 6.61. The van der Waals surface area contributed by atoms with Gasteiger partial charge in [0.25, 0.3) is 5.91 Å². The molecule has 2 N–H and O–H groups in total.